The number of halogens is 1. The molecule has 2 heterocycles. The third-order valence-electron chi connectivity index (χ3n) is 4.20. The maximum absolute atomic E-state index is 13.0. The van der Waals surface area contributed by atoms with Gasteiger partial charge in [-0.15, -0.1) is 0 Å². The first kappa shape index (κ1) is 17.2. The van der Waals surface area contributed by atoms with E-state index in [2.05, 4.69) is 10.3 Å². The zero-order valence-corrected chi connectivity index (χ0v) is 15.1. The molecule has 0 saturated heterocycles. The minimum absolute atomic E-state index is 0.132. The monoisotopic (exact) mass is 379 g/mol. The number of fused-ring (bicyclic) bond motifs is 2. The topological polar surface area (TPSA) is 62.3 Å². The fourth-order valence-corrected chi connectivity index (χ4v) is 3.87. The Kier molecular flexibility index (Phi) is 4.37. The normalized spacial score (nSPS) is 12.8. The van der Waals surface area contributed by atoms with Crippen molar-refractivity contribution in [2.45, 2.75) is 9.92 Å². The number of nitrogens with zero attached hydrogens (tertiary/aromatic N) is 2. The SMILES string of the molecule is CN1C(=O)c2cccnc2Sc2cc(NC(=O)c3ccc(F)cc3)ccc21. The summed E-state index contributed by atoms with van der Waals surface area (Å²) in [7, 11) is 1.71. The molecular formula is C20H14FN3O2S. The Balaban J connectivity index is 1.66. The van der Waals surface area contributed by atoms with Crippen LogP contribution in [0.5, 0.6) is 0 Å². The van der Waals surface area contributed by atoms with Gasteiger partial charge in [0.2, 0.25) is 0 Å². The molecule has 1 N–H and O–H groups in total. The maximum Gasteiger partial charge on any atom is 0.260 e. The van der Waals surface area contributed by atoms with Gasteiger partial charge in [-0.25, -0.2) is 9.37 Å². The van der Waals surface area contributed by atoms with Gasteiger partial charge in [0.15, 0.2) is 0 Å². The Hall–Kier alpha value is -3.19. The number of aromatic nitrogens is 1. The smallest absolute Gasteiger partial charge is 0.260 e. The van der Waals surface area contributed by atoms with E-state index in [0.29, 0.717) is 21.8 Å². The maximum atomic E-state index is 13.0. The molecule has 0 spiro atoms. The first-order valence-electron chi connectivity index (χ1n) is 8.15. The molecule has 0 aliphatic carbocycles. The lowest BCUT2D eigenvalue weighted by Crippen LogP contribution is -2.26. The number of nitrogens with one attached hydrogen (secondary N) is 1. The predicted octanol–water partition coefficient (Wildman–Crippen LogP) is 4.21. The van der Waals surface area contributed by atoms with Crippen LogP contribution in [0.2, 0.25) is 0 Å². The second-order valence-electron chi connectivity index (χ2n) is 5.97. The molecule has 0 radical (unpaired) electrons. The van der Waals surface area contributed by atoms with Gasteiger partial charge in [0.25, 0.3) is 11.8 Å². The van der Waals surface area contributed by atoms with Crippen molar-refractivity contribution in [3.63, 3.8) is 0 Å². The molecule has 134 valence electrons. The Morgan fingerprint density at radius 3 is 2.70 bits per heavy atom. The average Bonchev–Trinajstić information content (AvgIpc) is 2.77. The van der Waals surface area contributed by atoms with Gasteiger partial charge in [-0.05, 0) is 54.6 Å². The summed E-state index contributed by atoms with van der Waals surface area (Å²) in [6, 6.07) is 14.1. The highest BCUT2D eigenvalue weighted by atomic mass is 32.2. The summed E-state index contributed by atoms with van der Waals surface area (Å²) in [5, 5.41) is 3.42. The summed E-state index contributed by atoms with van der Waals surface area (Å²) >= 11 is 1.38. The number of rotatable bonds is 2. The number of amides is 2. The van der Waals surface area contributed by atoms with Crippen LogP contribution in [0, 0.1) is 5.82 Å². The zero-order valence-electron chi connectivity index (χ0n) is 14.3. The summed E-state index contributed by atoms with van der Waals surface area (Å²) in [5.41, 5.74) is 2.22. The first-order valence-corrected chi connectivity index (χ1v) is 8.96. The predicted molar refractivity (Wildman–Crippen MR) is 102 cm³/mol. The summed E-state index contributed by atoms with van der Waals surface area (Å²) in [4.78, 5) is 31.7. The number of carbonyl (C=O) groups excluding carboxylic acids is 2. The van der Waals surface area contributed by atoms with Crippen molar-refractivity contribution in [3.8, 4) is 0 Å². The Bertz CT molecular complexity index is 1050. The van der Waals surface area contributed by atoms with Crippen molar-refractivity contribution in [2.24, 2.45) is 0 Å². The number of anilines is 2. The van der Waals surface area contributed by atoms with Gasteiger partial charge in [0, 0.05) is 29.4 Å². The van der Waals surface area contributed by atoms with E-state index < -0.39 is 5.82 Å². The summed E-state index contributed by atoms with van der Waals surface area (Å²) in [5.74, 6) is -0.865. The Morgan fingerprint density at radius 2 is 1.93 bits per heavy atom. The zero-order chi connectivity index (χ0) is 19.0. The van der Waals surface area contributed by atoms with Crippen molar-refractivity contribution in [3.05, 3.63) is 77.7 Å². The molecule has 1 aliphatic heterocycles. The lowest BCUT2D eigenvalue weighted by molar-refractivity contribution is 0.0987. The van der Waals surface area contributed by atoms with Gasteiger partial charge in [0.05, 0.1) is 11.3 Å². The highest BCUT2D eigenvalue weighted by Gasteiger charge is 2.25. The van der Waals surface area contributed by atoms with E-state index in [1.54, 1.807) is 48.5 Å². The summed E-state index contributed by atoms with van der Waals surface area (Å²) in [6.07, 6.45) is 1.64. The van der Waals surface area contributed by atoms with Crippen LogP contribution in [0.25, 0.3) is 0 Å². The van der Waals surface area contributed by atoms with E-state index >= 15 is 0 Å². The third-order valence-corrected chi connectivity index (χ3v) is 5.26. The van der Waals surface area contributed by atoms with Gasteiger partial charge in [-0.2, -0.15) is 0 Å². The van der Waals surface area contributed by atoms with Gasteiger partial charge in [-0.1, -0.05) is 11.8 Å². The molecule has 7 heteroatoms. The van der Waals surface area contributed by atoms with E-state index in [-0.39, 0.29) is 11.8 Å². The second-order valence-corrected chi connectivity index (χ2v) is 7.00. The molecule has 0 fully saturated rings. The number of benzene rings is 2. The molecule has 0 atom stereocenters. The van der Waals surface area contributed by atoms with Crippen LogP contribution >= 0.6 is 11.8 Å². The van der Waals surface area contributed by atoms with Crippen molar-refractivity contribution < 1.29 is 14.0 Å². The van der Waals surface area contributed by atoms with Crippen LogP contribution in [-0.2, 0) is 0 Å². The number of hydrogen-bond donors (Lipinski definition) is 1. The summed E-state index contributed by atoms with van der Waals surface area (Å²) in [6.45, 7) is 0. The molecule has 0 unspecified atom stereocenters. The van der Waals surface area contributed by atoms with Crippen LogP contribution in [0.15, 0.2) is 70.7 Å². The molecule has 2 amide bonds. The fraction of sp³-hybridized carbons (Fsp3) is 0.0500. The van der Waals surface area contributed by atoms with Gasteiger partial charge >= 0.3 is 0 Å². The van der Waals surface area contributed by atoms with Gasteiger partial charge in [-0.3, -0.25) is 9.59 Å². The van der Waals surface area contributed by atoms with Crippen LogP contribution in [0.1, 0.15) is 20.7 Å². The third kappa shape index (κ3) is 3.29. The van der Waals surface area contributed by atoms with E-state index in [1.165, 1.54) is 36.0 Å². The highest BCUT2D eigenvalue weighted by Crippen LogP contribution is 2.41. The molecule has 4 rings (SSSR count). The fourth-order valence-electron chi connectivity index (χ4n) is 2.78. The average molecular weight is 379 g/mol. The minimum Gasteiger partial charge on any atom is -0.322 e. The van der Waals surface area contributed by atoms with Gasteiger partial charge < -0.3 is 10.2 Å². The molecule has 1 aromatic heterocycles. The van der Waals surface area contributed by atoms with Crippen LogP contribution in [-0.4, -0.2) is 23.8 Å². The highest BCUT2D eigenvalue weighted by molar-refractivity contribution is 7.99. The molecule has 3 aromatic rings. The number of hydrogen-bond acceptors (Lipinski definition) is 4. The molecule has 5 nitrogen and oxygen atoms in total. The van der Waals surface area contributed by atoms with Crippen LogP contribution in [0.3, 0.4) is 0 Å². The number of carbonyl (C=O) groups is 2. The molecule has 1 aliphatic rings. The van der Waals surface area contributed by atoms with E-state index in [1.807, 2.05) is 0 Å². The molecule has 2 aromatic carbocycles. The standard InChI is InChI=1S/C20H14FN3O2S/c1-24-16-9-8-14(23-18(25)12-4-6-13(21)7-5-12)11-17(16)27-19-15(20(24)26)3-2-10-22-19/h2-11H,1H3,(H,23,25). The molecule has 27 heavy (non-hydrogen) atoms. The lowest BCUT2D eigenvalue weighted by Gasteiger charge is -2.18. The lowest BCUT2D eigenvalue weighted by atomic mass is 10.2. The molecule has 0 saturated carbocycles. The Morgan fingerprint density at radius 1 is 1.15 bits per heavy atom. The first-order chi connectivity index (χ1) is 13.0. The molecule has 0 bridgehead atoms. The van der Waals surface area contributed by atoms with Crippen LogP contribution < -0.4 is 10.2 Å². The van der Waals surface area contributed by atoms with Crippen molar-refractivity contribution >= 4 is 35.0 Å². The van der Waals surface area contributed by atoms with Crippen molar-refractivity contribution in [2.75, 3.05) is 17.3 Å². The Labute approximate surface area is 159 Å². The van der Waals surface area contributed by atoms with Crippen molar-refractivity contribution in [1.82, 2.24) is 4.98 Å². The summed E-state index contributed by atoms with van der Waals surface area (Å²) < 4.78 is 13.0. The van der Waals surface area contributed by atoms with Crippen LogP contribution in [0.4, 0.5) is 15.8 Å². The van der Waals surface area contributed by atoms with Crippen molar-refractivity contribution in [1.29, 1.82) is 0 Å². The van der Waals surface area contributed by atoms with E-state index in [9.17, 15) is 14.0 Å². The van der Waals surface area contributed by atoms with E-state index in [4.69, 9.17) is 0 Å². The largest absolute Gasteiger partial charge is 0.322 e. The van der Waals surface area contributed by atoms with Gasteiger partial charge in [0.1, 0.15) is 10.8 Å². The van der Waals surface area contributed by atoms with E-state index in [0.717, 1.165) is 10.6 Å². The minimum atomic E-state index is -0.396. The number of pyridine rings is 1. The molecular weight excluding hydrogens is 365 g/mol. The quantitative estimate of drug-likeness (QED) is 0.724. The second kappa shape index (κ2) is 6.85.